The van der Waals surface area contributed by atoms with Crippen molar-refractivity contribution in [3.05, 3.63) is 0 Å². The lowest BCUT2D eigenvalue weighted by molar-refractivity contribution is -0.126. The van der Waals surface area contributed by atoms with Crippen molar-refractivity contribution in [1.29, 1.82) is 0 Å². The molecule has 1 heterocycles. The van der Waals surface area contributed by atoms with Crippen LogP contribution < -0.4 is 5.32 Å². The van der Waals surface area contributed by atoms with E-state index in [1.165, 1.54) is 0 Å². The highest BCUT2D eigenvalue weighted by atomic mass is 79.9. The van der Waals surface area contributed by atoms with E-state index in [-0.39, 0.29) is 23.5 Å². The third-order valence-electron chi connectivity index (χ3n) is 3.07. The predicted octanol–water partition coefficient (Wildman–Crippen LogP) is 2.09. The smallest absolute Gasteiger partial charge is 0.225 e. The van der Waals surface area contributed by atoms with Crippen molar-refractivity contribution < 1.29 is 9.53 Å². The topological polar surface area (TPSA) is 38.3 Å². The molecular formula is C11H20BrNO2. The molecule has 1 rings (SSSR count). The van der Waals surface area contributed by atoms with Crippen LogP contribution in [0, 0.1) is 5.92 Å². The quantitative estimate of drug-likeness (QED) is 0.800. The highest BCUT2D eigenvalue weighted by molar-refractivity contribution is 9.09. The molecule has 0 aromatic heterocycles. The minimum absolute atomic E-state index is 0.0323. The lowest BCUT2D eigenvalue weighted by Crippen LogP contribution is -2.49. The van der Waals surface area contributed by atoms with Crippen LogP contribution in [0.2, 0.25) is 0 Å². The van der Waals surface area contributed by atoms with Crippen LogP contribution in [0.1, 0.15) is 33.6 Å². The number of hydrogen-bond donors (Lipinski definition) is 1. The number of carbonyl (C=O) groups is 1. The highest BCUT2D eigenvalue weighted by Crippen LogP contribution is 2.21. The molecule has 1 aliphatic rings. The van der Waals surface area contributed by atoms with Gasteiger partial charge in [0.1, 0.15) is 0 Å². The van der Waals surface area contributed by atoms with E-state index in [1.807, 2.05) is 6.92 Å². The van der Waals surface area contributed by atoms with Gasteiger partial charge in [0.15, 0.2) is 0 Å². The summed E-state index contributed by atoms with van der Waals surface area (Å²) in [5, 5.41) is 3.87. The second-order valence-corrected chi connectivity index (χ2v) is 5.17. The Morgan fingerprint density at radius 1 is 1.67 bits per heavy atom. The van der Waals surface area contributed by atoms with E-state index >= 15 is 0 Å². The molecule has 1 N–H and O–H groups in total. The Morgan fingerprint density at radius 3 is 2.73 bits per heavy atom. The average molecular weight is 278 g/mol. The van der Waals surface area contributed by atoms with Gasteiger partial charge in [-0.15, -0.1) is 0 Å². The van der Waals surface area contributed by atoms with Gasteiger partial charge in [-0.2, -0.15) is 0 Å². The predicted molar refractivity (Wildman–Crippen MR) is 64.2 cm³/mol. The minimum atomic E-state index is -0.136. The molecule has 0 bridgehead atoms. The lowest BCUT2D eigenvalue weighted by Gasteiger charge is -2.28. The van der Waals surface area contributed by atoms with Gasteiger partial charge in [-0.1, -0.05) is 22.9 Å². The molecule has 3 unspecified atom stereocenters. The van der Waals surface area contributed by atoms with Gasteiger partial charge in [-0.05, 0) is 26.7 Å². The van der Waals surface area contributed by atoms with E-state index in [4.69, 9.17) is 4.74 Å². The molecule has 1 fully saturated rings. The van der Waals surface area contributed by atoms with E-state index in [0.717, 1.165) is 18.2 Å². The summed E-state index contributed by atoms with van der Waals surface area (Å²) in [7, 11) is 0. The SMILES string of the molecule is CCC(C)(CBr)NC(=O)C1COC(C)C1. The second kappa shape index (κ2) is 5.30. The Labute approximate surface area is 100 Å². The third kappa shape index (κ3) is 3.45. The molecule has 0 aromatic rings. The Bertz CT molecular complexity index is 229. The molecule has 3 atom stereocenters. The maximum atomic E-state index is 11.9. The highest BCUT2D eigenvalue weighted by Gasteiger charge is 2.32. The number of hydrogen-bond acceptors (Lipinski definition) is 2. The fourth-order valence-corrected chi connectivity index (χ4v) is 2.15. The van der Waals surface area contributed by atoms with E-state index in [9.17, 15) is 4.79 Å². The number of ether oxygens (including phenoxy) is 1. The molecule has 88 valence electrons. The van der Waals surface area contributed by atoms with Gasteiger partial charge in [-0.3, -0.25) is 4.79 Å². The summed E-state index contributed by atoms with van der Waals surface area (Å²) in [5.41, 5.74) is -0.136. The van der Waals surface area contributed by atoms with Crippen molar-refractivity contribution in [2.75, 3.05) is 11.9 Å². The molecule has 1 amide bonds. The molecule has 0 aromatic carbocycles. The van der Waals surface area contributed by atoms with Crippen LogP contribution in [0.25, 0.3) is 0 Å². The summed E-state index contributed by atoms with van der Waals surface area (Å²) in [4.78, 5) is 11.9. The van der Waals surface area contributed by atoms with E-state index in [2.05, 4.69) is 35.1 Å². The van der Waals surface area contributed by atoms with Crippen LogP contribution in [-0.4, -0.2) is 29.5 Å². The normalized spacial score (nSPS) is 29.9. The first-order chi connectivity index (χ1) is 7.00. The zero-order chi connectivity index (χ0) is 11.5. The maximum Gasteiger partial charge on any atom is 0.225 e. The molecule has 0 spiro atoms. The van der Waals surface area contributed by atoms with Crippen molar-refractivity contribution >= 4 is 21.8 Å². The molecule has 0 radical (unpaired) electrons. The molecule has 0 saturated carbocycles. The first-order valence-electron chi connectivity index (χ1n) is 5.50. The largest absolute Gasteiger partial charge is 0.378 e. The summed E-state index contributed by atoms with van der Waals surface area (Å²) in [6.45, 7) is 6.71. The molecule has 15 heavy (non-hydrogen) atoms. The van der Waals surface area contributed by atoms with Gasteiger partial charge in [-0.25, -0.2) is 0 Å². The number of nitrogens with one attached hydrogen (secondary N) is 1. The zero-order valence-electron chi connectivity index (χ0n) is 9.68. The number of carbonyl (C=O) groups excluding carboxylic acids is 1. The van der Waals surface area contributed by atoms with Gasteiger partial charge < -0.3 is 10.1 Å². The third-order valence-corrected chi connectivity index (χ3v) is 4.31. The van der Waals surface area contributed by atoms with Crippen LogP contribution in [0.15, 0.2) is 0 Å². The van der Waals surface area contributed by atoms with Gasteiger partial charge in [0.05, 0.1) is 18.6 Å². The van der Waals surface area contributed by atoms with Crippen molar-refractivity contribution in [3.63, 3.8) is 0 Å². The standard InChI is InChI=1S/C11H20BrNO2/c1-4-11(3,7-12)13-10(14)9-5-8(2)15-6-9/h8-9H,4-7H2,1-3H3,(H,13,14). The minimum Gasteiger partial charge on any atom is -0.378 e. The van der Waals surface area contributed by atoms with Crippen molar-refractivity contribution in [3.8, 4) is 0 Å². The number of amides is 1. The van der Waals surface area contributed by atoms with Gasteiger partial charge in [0, 0.05) is 10.9 Å². The Hall–Kier alpha value is -0.0900. The average Bonchev–Trinajstić information content (AvgIpc) is 2.65. The van der Waals surface area contributed by atoms with Crippen LogP contribution in [-0.2, 0) is 9.53 Å². The number of alkyl halides is 1. The number of rotatable bonds is 4. The van der Waals surface area contributed by atoms with Crippen LogP contribution in [0.5, 0.6) is 0 Å². The van der Waals surface area contributed by atoms with Gasteiger partial charge in [0.2, 0.25) is 5.91 Å². The molecule has 1 saturated heterocycles. The Kier molecular flexibility index (Phi) is 4.59. The van der Waals surface area contributed by atoms with Crippen molar-refractivity contribution in [2.24, 2.45) is 5.92 Å². The monoisotopic (exact) mass is 277 g/mol. The first-order valence-corrected chi connectivity index (χ1v) is 6.62. The van der Waals surface area contributed by atoms with Crippen molar-refractivity contribution in [1.82, 2.24) is 5.32 Å². The summed E-state index contributed by atoms with van der Waals surface area (Å²) >= 11 is 3.44. The zero-order valence-corrected chi connectivity index (χ0v) is 11.3. The summed E-state index contributed by atoms with van der Waals surface area (Å²) in [6.07, 6.45) is 1.98. The van der Waals surface area contributed by atoms with Gasteiger partial charge in [0.25, 0.3) is 0 Å². The first kappa shape index (κ1) is 13.0. The summed E-state index contributed by atoms with van der Waals surface area (Å²) < 4.78 is 5.40. The fourth-order valence-electron chi connectivity index (χ4n) is 1.62. The molecule has 1 aliphatic heterocycles. The Balaban J connectivity index is 2.48. The summed E-state index contributed by atoms with van der Waals surface area (Å²) in [5.74, 6) is 0.160. The lowest BCUT2D eigenvalue weighted by atomic mass is 9.99. The van der Waals surface area contributed by atoms with Crippen molar-refractivity contribution in [2.45, 2.75) is 45.3 Å². The van der Waals surface area contributed by atoms with E-state index in [0.29, 0.717) is 6.61 Å². The maximum absolute atomic E-state index is 11.9. The van der Waals surface area contributed by atoms with Crippen LogP contribution in [0.4, 0.5) is 0 Å². The van der Waals surface area contributed by atoms with Gasteiger partial charge >= 0.3 is 0 Å². The number of halogens is 1. The molecule has 4 heteroatoms. The summed E-state index contributed by atoms with van der Waals surface area (Å²) in [6, 6.07) is 0. The second-order valence-electron chi connectivity index (χ2n) is 4.61. The van der Waals surface area contributed by atoms with Crippen LogP contribution >= 0.6 is 15.9 Å². The van der Waals surface area contributed by atoms with Crippen LogP contribution in [0.3, 0.4) is 0 Å². The fraction of sp³-hybridized carbons (Fsp3) is 0.909. The Morgan fingerprint density at radius 2 is 2.33 bits per heavy atom. The molecular weight excluding hydrogens is 258 g/mol. The molecule has 3 nitrogen and oxygen atoms in total. The van der Waals surface area contributed by atoms with E-state index < -0.39 is 0 Å². The molecule has 0 aliphatic carbocycles. The van der Waals surface area contributed by atoms with E-state index in [1.54, 1.807) is 0 Å².